The number of benzene rings is 1. The van der Waals surface area contributed by atoms with Gasteiger partial charge in [0, 0.05) is 5.25 Å². The van der Waals surface area contributed by atoms with Gasteiger partial charge in [0.25, 0.3) is 0 Å². The molecule has 0 unspecified atom stereocenters. The molecule has 1 fully saturated rings. The highest BCUT2D eigenvalue weighted by atomic mass is 32.2. The fourth-order valence-corrected chi connectivity index (χ4v) is 5.98. The van der Waals surface area contributed by atoms with Gasteiger partial charge in [-0.05, 0) is 31.4 Å². The molecular formula is C16H23NO4S2. The van der Waals surface area contributed by atoms with Gasteiger partial charge in [-0.1, -0.05) is 18.2 Å². The molecule has 0 spiro atoms. The Morgan fingerprint density at radius 1 is 1.35 bits per heavy atom. The topological polar surface area (TPSA) is 72.5 Å². The second-order valence-electron chi connectivity index (χ2n) is 5.76. The Morgan fingerprint density at radius 3 is 2.65 bits per heavy atom. The quantitative estimate of drug-likeness (QED) is 0.752. The van der Waals surface area contributed by atoms with Gasteiger partial charge in [-0.3, -0.25) is 4.79 Å². The zero-order valence-electron chi connectivity index (χ0n) is 13.5. The van der Waals surface area contributed by atoms with Gasteiger partial charge >= 0.3 is 0 Å². The van der Waals surface area contributed by atoms with Crippen LogP contribution in [0.4, 0.5) is 0 Å². The lowest BCUT2D eigenvalue weighted by Crippen LogP contribution is -2.30. The smallest absolute Gasteiger partial charge is 0.230 e. The Balaban J connectivity index is 1.64. The Morgan fingerprint density at radius 2 is 2.04 bits per heavy atom. The summed E-state index contributed by atoms with van der Waals surface area (Å²) < 4.78 is 28.4. The molecule has 7 heteroatoms. The third-order valence-corrected chi connectivity index (χ3v) is 7.00. The lowest BCUT2D eigenvalue weighted by atomic mass is 10.1. The molecular weight excluding hydrogens is 334 g/mol. The Kier molecular flexibility index (Phi) is 6.35. The summed E-state index contributed by atoms with van der Waals surface area (Å²) in [5.74, 6) is 1.52. The van der Waals surface area contributed by atoms with E-state index in [0.29, 0.717) is 25.3 Å². The summed E-state index contributed by atoms with van der Waals surface area (Å²) in [6.45, 7) is 4.84. The van der Waals surface area contributed by atoms with Gasteiger partial charge in [0.2, 0.25) is 5.91 Å². The van der Waals surface area contributed by atoms with Crippen LogP contribution in [0.2, 0.25) is 0 Å². The van der Waals surface area contributed by atoms with Crippen molar-refractivity contribution in [1.82, 2.24) is 5.32 Å². The van der Waals surface area contributed by atoms with Crippen molar-refractivity contribution >= 4 is 27.5 Å². The molecule has 1 saturated heterocycles. The minimum absolute atomic E-state index is 0.0524. The number of para-hydroxylation sites is 1. The van der Waals surface area contributed by atoms with E-state index in [1.807, 2.05) is 32.0 Å². The van der Waals surface area contributed by atoms with Crippen LogP contribution < -0.4 is 10.1 Å². The predicted molar refractivity (Wildman–Crippen MR) is 93.9 cm³/mol. The largest absolute Gasteiger partial charge is 0.491 e. The van der Waals surface area contributed by atoms with Crippen molar-refractivity contribution in [2.24, 2.45) is 0 Å². The Hall–Kier alpha value is -1.21. The molecule has 5 nitrogen and oxygen atoms in total. The number of sulfone groups is 1. The highest BCUT2D eigenvalue weighted by Gasteiger charge is 2.28. The fraction of sp³-hybridized carbons (Fsp3) is 0.562. The van der Waals surface area contributed by atoms with E-state index in [0.717, 1.165) is 16.9 Å². The highest BCUT2D eigenvalue weighted by Crippen LogP contribution is 2.24. The monoisotopic (exact) mass is 357 g/mol. The Labute approximate surface area is 142 Å². The fourth-order valence-electron chi connectivity index (χ4n) is 2.51. The average molecular weight is 357 g/mol. The van der Waals surface area contributed by atoms with E-state index in [1.165, 1.54) is 11.8 Å². The van der Waals surface area contributed by atoms with Gasteiger partial charge in [0.05, 0.1) is 23.8 Å². The zero-order valence-corrected chi connectivity index (χ0v) is 15.1. The van der Waals surface area contributed by atoms with Crippen LogP contribution >= 0.6 is 11.8 Å². The third kappa shape index (κ3) is 5.73. The Bertz CT molecular complexity index is 638. The van der Waals surface area contributed by atoms with E-state index >= 15 is 0 Å². The number of hydrogen-bond donors (Lipinski definition) is 1. The number of thioether (sulfide) groups is 1. The number of hydrogen-bond acceptors (Lipinski definition) is 5. The first-order valence-corrected chi connectivity index (χ1v) is 10.5. The normalized spacial score (nSPS) is 19.5. The standard InChI is InChI=1S/C16H23NO4S2/c1-12-4-3-5-13(2)16(12)21-8-7-17-15(18)10-22-14-6-9-23(19,20)11-14/h3-5,14H,6-11H2,1-2H3,(H,17,18)/t14-/m0/s1. The summed E-state index contributed by atoms with van der Waals surface area (Å²) in [5, 5.41) is 2.85. The lowest BCUT2D eigenvalue weighted by Gasteiger charge is -2.12. The lowest BCUT2D eigenvalue weighted by molar-refractivity contribution is -0.118. The van der Waals surface area contributed by atoms with Crippen LogP contribution in [0.3, 0.4) is 0 Å². The molecule has 1 aromatic rings. The van der Waals surface area contributed by atoms with Gasteiger partial charge in [-0.25, -0.2) is 8.42 Å². The minimum atomic E-state index is -2.88. The number of carbonyl (C=O) groups is 1. The molecule has 128 valence electrons. The summed E-state index contributed by atoms with van der Waals surface area (Å²) in [6.07, 6.45) is 0.649. The molecule has 23 heavy (non-hydrogen) atoms. The van der Waals surface area contributed by atoms with E-state index in [9.17, 15) is 13.2 Å². The van der Waals surface area contributed by atoms with E-state index in [1.54, 1.807) is 0 Å². The molecule has 2 rings (SSSR count). The first kappa shape index (κ1) is 18.1. The molecule has 1 aromatic carbocycles. The van der Waals surface area contributed by atoms with Gasteiger partial charge in [0.1, 0.15) is 12.4 Å². The van der Waals surface area contributed by atoms with Crippen molar-refractivity contribution in [2.45, 2.75) is 25.5 Å². The van der Waals surface area contributed by atoms with Gasteiger partial charge in [-0.15, -0.1) is 11.8 Å². The summed E-state index contributed by atoms with van der Waals surface area (Å²) in [6, 6.07) is 5.97. The van der Waals surface area contributed by atoms with Crippen LogP contribution in [0.1, 0.15) is 17.5 Å². The van der Waals surface area contributed by atoms with Gasteiger partial charge in [-0.2, -0.15) is 0 Å². The van der Waals surface area contributed by atoms with Crippen molar-refractivity contribution < 1.29 is 17.9 Å². The molecule has 1 aliphatic heterocycles. The number of nitrogens with one attached hydrogen (secondary N) is 1. The van der Waals surface area contributed by atoms with E-state index in [4.69, 9.17) is 4.74 Å². The van der Waals surface area contributed by atoms with E-state index in [2.05, 4.69) is 5.32 Å². The second-order valence-corrected chi connectivity index (χ2v) is 9.27. The number of ether oxygens (including phenoxy) is 1. The van der Waals surface area contributed by atoms with Crippen LogP contribution in [0.25, 0.3) is 0 Å². The molecule has 1 N–H and O–H groups in total. The SMILES string of the molecule is Cc1cccc(C)c1OCCNC(=O)CS[C@H]1CCS(=O)(=O)C1. The second kappa shape index (κ2) is 8.06. The first-order chi connectivity index (χ1) is 10.9. The van der Waals surface area contributed by atoms with Crippen molar-refractivity contribution in [2.75, 3.05) is 30.4 Å². The van der Waals surface area contributed by atoms with Gasteiger partial charge < -0.3 is 10.1 Å². The zero-order chi connectivity index (χ0) is 16.9. The number of carbonyl (C=O) groups excluding carboxylic acids is 1. The maximum absolute atomic E-state index is 11.8. The molecule has 0 bridgehead atoms. The van der Waals surface area contributed by atoms with E-state index in [-0.39, 0.29) is 22.7 Å². The maximum Gasteiger partial charge on any atom is 0.230 e. The van der Waals surface area contributed by atoms with Crippen LogP contribution in [0.15, 0.2) is 18.2 Å². The molecule has 1 aliphatic rings. The van der Waals surface area contributed by atoms with Gasteiger partial charge in [0.15, 0.2) is 9.84 Å². The third-order valence-electron chi connectivity index (χ3n) is 3.72. The molecule has 0 aromatic heterocycles. The summed E-state index contributed by atoms with van der Waals surface area (Å²) in [7, 11) is -2.88. The van der Waals surface area contributed by atoms with Crippen LogP contribution in [-0.2, 0) is 14.6 Å². The molecule has 0 saturated carbocycles. The van der Waals surface area contributed by atoms with Crippen molar-refractivity contribution in [3.8, 4) is 5.75 Å². The van der Waals surface area contributed by atoms with Crippen LogP contribution in [0, 0.1) is 13.8 Å². The summed E-state index contributed by atoms with van der Waals surface area (Å²) >= 11 is 1.42. The van der Waals surface area contributed by atoms with Crippen LogP contribution in [-0.4, -0.2) is 50.0 Å². The molecule has 1 atom stereocenters. The average Bonchev–Trinajstić information content (AvgIpc) is 2.83. The molecule has 0 aliphatic carbocycles. The van der Waals surface area contributed by atoms with Crippen molar-refractivity contribution in [3.63, 3.8) is 0 Å². The van der Waals surface area contributed by atoms with E-state index < -0.39 is 9.84 Å². The number of amides is 1. The summed E-state index contributed by atoms with van der Waals surface area (Å²) in [4.78, 5) is 11.8. The summed E-state index contributed by atoms with van der Waals surface area (Å²) in [5.41, 5.74) is 2.16. The minimum Gasteiger partial charge on any atom is -0.491 e. The first-order valence-electron chi connectivity index (χ1n) is 7.65. The predicted octanol–water partition coefficient (Wildman–Crippen LogP) is 1.72. The van der Waals surface area contributed by atoms with Crippen molar-refractivity contribution in [1.29, 1.82) is 0 Å². The maximum atomic E-state index is 11.8. The number of rotatable bonds is 7. The molecule has 1 heterocycles. The van der Waals surface area contributed by atoms with Crippen LogP contribution in [0.5, 0.6) is 5.75 Å². The highest BCUT2D eigenvalue weighted by molar-refractivity contribution is 8.02. The van der Waals surface area contributed by atoms with Crippen molar-refractivity contribution in [3.05, 3.63) is 29.3 Å². The molecule has 1 amide bonds. The molecule has 0 radical (unpaired) electrons. The number of aryl methyl sites for hydroxylation is 2.